The molecular formula is C22H14N2O2. The number of amides is 2. The third-order valence-electron chi connectivity index (χ3n) is 4.16. The molecule has 3 aromatic rings. The predicted molar refractivity (Wildman–Crippen MR) is 101 cm³/mol. The molecule has 0 spiro atoms. The lowest BCUT2D eigenvalue weighted by Crippen LogP contribution is -2.29. The maximum absolute atomic E-state index is 12.9. The summed E-state index contributed by atoms with van der Waals surface area (Å²) < 4.78 is 0. The minimum absolute atomic E-state index is 0.336. The molecule has 0 radical (unpaired) electrons. The van der Waals surface area contributed by atoms with Crippen molar-refractivity contribution < 1.29 is 9.59 Å². The summed E-state index contributed by atoms with van der Waals surface area (Å²) in [7, 11) is 0. The Bertz CT molecular complexity index is 1090. The van der Waals surface area contributed by atoms with Crippen LogP contribution in [0.3, 0.4) is 0 Å². The van der Waals surface area contributed by atoms with Gasteiger partial charge in [-0.25, -0.2) is 4.90 Å². The van der Waals surface area contributed by atoms with Crippen molar-refractivity contribution in [2.75, 3.05) is 10.6 Å². The topological polar surface area (TPSA) is 63.4 Å². The molecule has 1 heterocycles. The lowest BCUT2D eigenvalue weighted by molar-refractivity contribution is 0.0926. The molecule has 0 atom stereocenters. The van der Waals surface area contributed by atoms with Crippen molar-refractivity contribution in [3.8, 4) is 11.8 Å². The predicted octanol–water partition coefficient (Wildman–Crippen LogP) is 3.47. The van der Waals surface area contributed by atoms with Gasteiger partial charge < -0.3 is 5.73 Å². The van der Waals surface area contributed by atoms with Crippen LogP contribution in [0.2, 0.25) is 0 Å². The largest absolute Gasteiger partial charge is 0.399 e. The van der Waals surface area contributed by atoms with E-state index in [1.165, 1.54) is 0 Å². The number of hydrogen-bond donors (Lipinski definition) is 1. The second-order valence-electron chi connectivity index (χ2n) is 5.88. The molecule has 0 saturated carbocycles. The zero-order valence-corrected chi connectivity index (χ0v) is 13.8. The maximum atomic E-state index is 12.9. The van der Waals surface area contributed by atoms with Crippen molar-refractivity contribution in [1.29, 1.82) is 0 Å². The molecule has 0 bridgehead atoms. The first-order valence-electron chi connectivity index (χ1n) is 8.09. The summed E-state index contributed by atoms with van der Waals surface area (Å²) in [6.45, 7) is 0. The number of imide groups is 1. The second-order valence-corrected chi connectivity index (χ2v) is 5.88. The maximum Gasteiger partial charge on any atom is 0.267 e. The summed E-state index contributed by atoms with van der Waals surface area (Å²) in [6.07, 6.45) is 0. The summed E-state index contributed by atoms with van der Waals surface area (Å²) in [5.74, 6) is 5.32. The Kier molecular flexibility index (Phi) is 3.75. The second kappa shape index (κ2) is 6.23. The van der Waals surface area contributed by atoms with Gasteiger partial charge in [0, 0.05) is 16.8 Å². The van der Waals surface area contributed by atoms with Crippen LogP contribution in [0.25, 0.3) is 0 Å². The number of nitrogens with two attached hydrogens (primary N) is 1. The Labute approximate surface area is 150 Å². The minimum Gasteiger partial charge on any atom is -0.399 e. The van der Waals surface area contributed by atoms with Crippen molar-refractivity contribution in [2.45, 2.75) is 0 Å². The number of fused-ring (bicyclic) bond motifs is 1. The Morgan fingerprint density at radius 3 is 2.31 bits per heavy atom. The van der Waals surface area contributed by atoms with Crippen LogP contribution in [-0.4, -0.2) is 11.8 Å². The van der Waals surface area contributed by atoms with Gasteiger partial charge in [-0.2, -0.15) is 0 Å². The van der Waals surface area contributed by atoms with Gasteiger partial charge in [0.05, 0.1) is 16.8 Å². The van der Waals surface area contributed by atoms with Gasteiger partial charge in [-0.05, 0) is 42.5 Å². The summed E-state index contributed by atoms with van der Waals surface area (Å²) in [5.41, 5.74) is 8.81. The lowest BCUT2D eigenvalue weighted by Gasteiger charge is -2.14. The molecule has 0 saturated heterocycles. The van der Waals surface area contributed by atoms with Gasteiger partial charge in [-0.15, -0.1) is 0 Å². The van der Waals surface area contributed by atoms with Crippen molar-refractivity contribution >= 4 is 23.2 Å². The van der Waals surface area contributed by atoms with Gasteiger partial charge in [0.15, 0.2) is 0 Å². The van der Waals surface area contributed by atoms with Gasteiger partial charge in [-0.3, -0.25) is 9.59 Å². The van der Waals surface area contributed by atoms with Crippen LogP contribution in [0.1, 0.15) is 31.8 Å². The molecule has 4 nitrogen and oxygen atoms in total. The molecule has 124 valence electrons. The number of nitrogen functional groups attached to an aromatic ring is 1. The fraction of sp³-hybridized carbons (Fsp3) is 0. The molecular weight excluding hydrogens is 324 g/mol. The van der Waals surface area contributed by atoms with Crippen LogP contribution in [0.15, 0.2) is 72.8 Å². The SMILES string of the molecule is Nc1cccc(N2C(=O)c3cccc(C#Cc4ccccc4)c3C2=O)c1. The highest BCUT2D eigenvalue weighted by molar-refractivity contribution is 6.35. The first-order valence-corrected chi connectivity index (χ1v) is 8.09. The van der Waals surface area contributed by atoms with E-state index in [4.69, 9.17) is 5.73 Å². The summed E-state index contributed by atoms with van der Waals surface area (Å²) in [5, 5.41) is 0. The van der Waals surface area contributed by atoms with Gasteiger partial charge in [0.2, 0.25) is 0 Å². The normalized spacial score (nSPS) is 12.5. The fourth-order valence-corrected chi connectivity index (χ4v) is 2.95. The molecule has 0 aliphatic carbocycles. The average Bonchev–Trinajstić information content (AvgIpc) is 2.92. The van der Waals surface area contributed by atoms with Crippen LogP contribution in [0.5, 0.6) is 0 Å². The van der Waals surface area contributed by atoms with Gasteiger partial charge in [-0.1, -0.05) is 42.2 Å². The molecule has 0 fully saturated rings. The third kappa shape index (κ3) is 2.62. The Morgan fingerprint density at radius 1 is 0.769 bits per heavy atom. The summed E-state index contributed by atoms with van der Waals surface area (Å²) >= 11 is 0. The smallest absolute Gasteiger partial charge is 0.267 e. The molecule has 1 aliphatic rings. The van der Waals surface area contributed by atoms with Crippen LogP contribution in [0.4, 0.5) is 11.4 Å². The van der Waals surface area contributed by atoms with E-state index < -0.39 is 0 Å². The molecule has 2 amide bonds. The van der Waals surface area contributed by atoms with E-state index in [0.29, 0.717) is 28.1 Å². The quantitative estimate of drug-likeness (QED) is 0.420. The fourth-order valence-electron chi connectivity index (χ4n) is 2.95. The van der Waals surface area contributed by atoms with E-state index in [1.807, 2.05) is 30.3 Å². The van der Waals surface area contributed by atoms with Crippen LogP contribution in [-0.2, 0) is 0 Å². The van der Waals surface area contributed by atoms with E-state index in [2.05, 4.69) is 11.8 Å². The number of carbonyl (C=O) groups is 2. The molecule has 0 aromatic heterocycles. The van der Waals surface area contributed by atoms with E-state index in [0.717, 1.165) is 10.5 Å². The number of rotatable bonds is 1. The number of nitrogens with zero attached hydrogens (tertiary/aromatic N) is 1. The molecule has 0 unspecified atom stereocenters. The molecule has 3 aromatic carbocycles. The molecule has 2 N–H and O–H groups in total. The van der Waals surface area contributed by atoms with E-state index in [9.17, 15) is 9.59 Å². The van der Waals surface area contributed by atoms with E-state index >= 15 is 0 Å². The van der Waals surface area contributed by atoms with Crippen molar-refractivity contribution in [3.05, 3.63) is 95.1 Å². The first-order chi connectivity index (χ1) is 12.6. The number of carbonyl (C=O) groups excluding carboxylic acids is 2. The van der Waals surface area contributed by atoms with Crippen LogP contribution < -0.4 is 10.6 Å². The monoisotopic (exact) mass is 338 g/mol. The van der Waals surface area contributed by atoms with E-state index in [-0.39, 0.29) is 11.8 Å². The zero-order valence-electron chi connectivity index (χ0n) is 13.8. The molecule has 4 rings (SSSR count). The molecule has 4 heteroatoms. The summed E-state index contributed by atoms with van der Waals surface area (Å²) in [6, 6.07) is 21.3. The number of anilines is 2. The van der Waals surface area contributed by atoms with Crippen molar-refractivity contribution in [2.24, 2.45) is 0 Å². The average molecular weight is 338 g/mol. The van der Waals surface area contributed by atoms with Gasteiger partial charge in [0.25, 0.3) is 11.8 Å². The van der Waals surface area contributed by atoms with Gasteiger partial charge in [0.1, 0.15) is 0 Å². The number of benzene rings is 3. The Hall–Kier alpha value is -3.84. The minimum atomic E-state index is -0.381. The highest BCUT2D eigenvalue weighted by atomic mass is 16.2. The molecule has 26 heavy (non-hydrogen) atoms. The lowest BCUT2D eigenvalue weighted by atomic mass is 10.0. The zero-order chi connectivity index (χ0) is 18.1. The Balaban J connectivity index is 1.79. The van der Waals surface area contributed by atoms with Gasteiger partial charge >= 0.3 is 0 Å². The van der Waals surface area contributed by atoms with Crippen LogP contribution in [0, 0.1) is 11.8 Å². The van der Waals surface area contributed by atoms with E-state index in [1.54, 1.807) is 42.5 Å². The highest BCUT2D eigenvalue weighted by Gasteiger charge is 2.38. The molecule has 1 aliphatic heterocycles. The standard InChI is InChI=1S/C22H14N2O2/c23-17-9-5-10-18(14-17)24-21(25)19-11-4-8-16(20(19)22(24)26)13-12-15-6-2-1-3-7-15/h1-11,14H,23H2. The highest BCUT2D eigenvalue weighted by Crippen LogP contribution is 2.31. The third-order valence-corrected chi connectivity index (χ3v) is 4.16. The van der Waals surface area contributed by atoms with Crippen molar-refractivity contribution in [3.63, 3.8) is 0 Å². The Morgan fingerprint density at radius 2 is 1.54 bits per heavy atom. The number of hydrogen-bond acceptors (Lipinski definition) is 3. The summed E-state index contributed by atoms with van der Waals surface area (Å²) in [4.78, 5) is 26.9. The van der Waals surface area contributed by atoms with Crippen LogP contribution >= 0.6 is 0 Å². The first kappa shape index (κ1) is 15.7. The van der Waals surface area contributed by atoms with Crippen molar-refractivity contribution in [1.82, 2.24) is 0 Å².